The van der Waals surface area contributed by atoms with Crippen LogP contribution in [0.5, 0.6) is 0 Å². The smallest absolute Gasteiger partial charge is 0.243 e. The largest absolute Gasteiger partial charge is 0.351 e. The first-order valence-corrected chi connectivity index (χ1v) is 6.26. The highest BCUT2D eigenvalue weighted by Crippen LogP contribution is 2.15. The fourth-order valence-corrected chi connectivity index (χ4v) is 2.13. The first-order chi connectivity index (χ1) is 7.59. The van der Waals surface area contributed by atoms with E-state index >= 15 is 0 Å². The molecule has 0 aliphatic carbocycles. The van der Waals surface area contributed by atoms with E-state index in [0.717, 1.165) is 18.7 Å². The van der Waals surface area contributed by atoms with E-state index in [1.807, 2.05) is 13.8 Å². The SMILES string of the molecule is CC(C)=CC(=O)NCCN1CCCC[C@H]1C. The zero-order valence-electron chi connectivity index (χ0n) is 10.8. The molecule has 92 valence electrons. The number of rotatable bonds is 4. The van der Waals surface area contributed by atoms with Crippen LogP contribution in [-0.2, 0) is 4.79 Å². The van der Waals surface area contributed by atoms with Crippen LogP contribution >= 0.6 is 0 Å². The Hall–Kier alpha value is -0.830. The third-order valence-electron chi connectivity index (χ3n) is 3.06. The molecule has 1 saturated heterocycles. The minimum Gasteiger partial charge on any atom is -0.351 e. The zero-order chi connectivity index (χ0) is 12.0. The van der Waals surface area contributed by atoms with Crippen molar-refractivity contribution in [2.24, 2.45) is 0 Å². The van der Waals surface area contributed by atoms with Gasteiger partial charge in [-0.1, -0.05) is 12.0 Å². The molecule has 0 spiro atoms. The lowest BCUT2D eigenvalue weighted by Crippen LogP contribution is -2.42. The molecule has 1 fully saturated rings. The Balaban J connectivity index is 2.19. The summed E-state index contributed by atoms with van der Waals surface area (Å²) in [6, 6.07) is 0.675. The fourth-order valence-electron chi connectivity index (χ4n) is 2.13. The quantitative estimate of drug-likeness (QED) is 0.740. The van der Waals surface area contributed by atoms with Crippen molar-refractivity contribution in [3.63, 3.8) is 0 Å². The first kappa shape index (κ1) is 13.2. The Morgan fingerprint density at radius 2 is 2.19 bits per heavy atom. The lowest BCUT2D eigenvalue weighted by Gasteiger charge is -2.33. The third kappa shape index (κ3) is 4.79. The number of hydrogen-bond donors (Lipinski definition) is 1. The summed E-state index contributed by atoms with van der Waals surface area (Å²) in [6.45, 7) is 9.06. The zero-order valence-corrected chi connectivity index (χ0v) is 10.8. The molecule has 0 saturated carbocycles. The van der Waals surface area contributed by atoms with Gasteiger partial charge in [-0.05, 0) is 40.2 Å². The summed E-state index contributed by atoms with van der Waals surface area (Å²) < 4.78 is 0. The van der Waals surface area contributed by atoms with Crippen LogP contribution in [0.3, 0.4) is 0 Å². The molecule has 3 nitrogen and oxygen atoms in total. The molecule has 0 aromatic heterocycles. The minimum absolute atomic E-state index is 0.0321. The number of amides is 1. The van der Waals surface area contributed by atoms with E-state index < -0.39 is 0 Å². The fraction of sp³-hybridized carbons (Fsp3) is 0.769. The maximum absolute atomic E-state index is 11.4. The Morgan fingerprint density at radius 3 is 2.81 bits per heavy atom. The van der Waals surface area contributed by atoms with Gasteiger partial charge in [0.1, 0.15) is 0 Å². The standard InChI is InChI=1S/C13H24N2O/c1-11(2)10-13(16)14-7-9-15-8-5-4-6-12(15)3/h10,12H,4-9H2,1-3H3,(H,14,16)/t12-/m1/s1. The molecule has 1 atom stereocenters. The maximum atomic E-state index is 11.4. The Labute approximate surface area is 98.9 Å². The second-order valence-corrected chi connectivity index (χ2v) is 4.89. The van der Waals surface area contributed by atoms with Crippen molar-refractivity contribution in [3.05, 3.63) is 11.6 Å². The van der Waals surface area contributed by atoms with Gasteiger partial charge in [0.05, 0.1) is 0 Å². The van der Waals surface area contributed by atoms with E-state index in [9.17, 15) is 4.79 Å². The average Bonchev–Trinajstić information content (AvgIpc) is 2.19. The molecule has 1 amide bonds. The van der Waals surface area contributed by atoms with Gasteiger partial charge >= 0.3 is 0 Å². The van der Waals surface area contributed by atoms with E-state index in [4.69, 9.17) is 0 Å². The van der Waals surface area contributed by atoms with Crippen molar-refractivity contribution in [3.8, 4) is 0 Å². The van der Waals surface area contributed by atoms with Gasteiger partial charge in [-0.3, -0.25) is 9.69 Å². The Kier molecular flexibility index (Phi) is 5.53. The van der Waals surface area contributed by atoms with Gasteiger partial charge in [0.25, 0.3) is 0 Å². The minimum atomic E-state index is 0.0321. The number of carbonyl (C=O) groups excluding carboxylic acids is 1. The first-order valence-electron chi connectivity index (χ1n) is 6.26. The highest BCUT2D eigenvalue weighted by atomic mass is 16.1. The summed E-state index contributed by atoms with van der Waals surface area (Å²) in [4.78, 5) is 13.8. The lowest BCUT2D eigenvalue weighted by atomic mass is 10.0. The monoisotopic (exact) mass is 224 g/mol. The predicted molar refractivity (Wildman–Crippen MR) is 67.3 cm³/mol. The van der Waals surface area contributed by atoms with Crippen LogP contribution in [0.15, 0.2) is 11.6 Å². The number of nitrogens with zero attached hydrogens (tertiary/aromatic N) is 1. The van der Waals surface area contributed by atoms with Crippen LogP contribution in [0.1, 0.15) is 40.0 Å². The van der Waals surface area contributed by atoms with Crippen molar-refractivity contribution >= 4 is 5.91 Å². The van der Waals surface area contributed by atoms with Crippen molar-refractivity contribution in [1.29, 1.82) is 0 Å². The third-order valence-corrected chi connectivity index (χ3v) is 3.06. The van der Waals surface area contributed by atoms with Crippen LogP contribution < -0.4 is 5.32 Å². The molecule has 1 aliphatic rings. The molecule has 0 bridgehead atoms. The van der Waals surface area contributed by atoms with Gasteiger partial charge in [-0.15, -0.1) is 0 Å². The molecule has 1 N–H and O–H groups in total. The van der Waals surface area contributed by atoms with Crippen molar-refractivity contribution < 1.29 is 4.79 Å². The number of hydrogen-bond acceptors (Lipinski definition) is 2. The van der Waals surface area contributed by atoms with E-state index in [1.165, 1.54) is 25.8 Å². The molecule has 1 heterocycles. The van der Waals surface area contributed by atoms with Gasteiger partial charge in [0.15, 0.2) is 0 Å². The van der Waals surface area contributed by atoms with Crippen LogP contribution in [0.25, 0.3) is 0 Å². The highest BCUT2D eigenvalue weighted by Gasteiger charge is 2.17. The molecular weight excluding hydrogens is 200 g/mol. The number of piperidine rings is 1. The lowest BCUT2D eigenvalue weighted by molar-refractivity contribution is -0.116. The molecule has 0 unspecified atom stereocenters. The summed E-state index contributed by atoms with van der Waals surface area (Å²) in [5.74, 6) is 0.0321. The van der Waals surface area contributed by atoms with Gasteiger partial charge in [0, 0.05) is 25.2 Å². The molecule has 16 heavy (non-hydrogen) atoms. The van der Waals surface area contributed by atoms with Crippen LogP contribution in [0.2, 0.25) is 0 Å². The second-order valence-electron chi connectivity index (χ2n) is 4.89. The van der Waals surface area contributed by atoms with Crippen LogP contribution in [0.4, 0.5) is 0 Å². The van der Waals surface area contributed by atoms with Crippen LogP contribution in [-0.4, -0.2) is 36.5 Å². The molecule has 3 heteroatoms. The van der Waals surface area contributed by atoms with Gasteiger partial charge < -0.3 is 5.32 Å². The predicted octanol–water partition coefficient (Wildman–Crippen LogP) is 1.94. The topological polar surface area (TPSA) is 32.3 Å². The molecule has 1 aliphatic heterocycles. The number of likely N-dealkylation sites (tertiary alicyclic amines) is 1. The van der Waals surface area contributed by atoms with Crippen molar-refractivity contribution in [2.45, 2.75) is 46.1 Å². The summed E-state index contributed by atoms with van der Waals surface area (Å²) in [6.07, 6.45) is 5.59. The Bertz CT molecular complexity index is 257. The van der Waals surface area contributed by atoms with E-state index in [-0.39, 0.29) is 5.91 Å². The molecule has 0 aromatic rings. The molecule has 0 radical (unpaired) electrons. The number of allylic oxidation sites excluding steroid dienone is 1. The van der Waals surface area contributed by atoms with Gasteiger partial charge in [0.2, 0.25) is 5.91 Å². The summed E-state index contributed by atoms with van der Waals surface area (Å²) in [5, 5.41) is 2.92. The van der Waals surface area contributed by atoms with Crippen LogP contribution in [0, 0.1) is 0 Å². The second kappa shape index (κ2) is 6.69. The molecule has 0 aromatic carbocycles. The van der Waals surface area contributed by atoms with E-state index in [1.54, 1.807) is 6.08 Å². The number of nitrogens with one attached hydrogen (secondary N) is 1. The molecule has 1 rings (SSSR count). The maximum Gasteiger partial charge on any atom is 0.243 e. The van der Waals surface area contributed by atoms with Crippen molar-refractivity contribution in [2.75, 3.05) is 19.6 Å². The summed E-state index contributed by atoms with van der Waals surface area (Å²) >= 11 is 0. The van der Waals surface area contributed by atoms with Gasteiger partial charge in [-0.25, -0.2) is 0 Å². The van der Waals surface area contributed by atoms with Gasteiger partial charge in [-0.2, -0.15) is 0 Å². The molecular formula is C13H24N2O. The number of carbonyl (C=O) groups is 1. The normalized spacial score (nSPS) is 21.6. The summed E-state index contributed by atoms with van der Waals surface area (Å²) in [7, 11) is 0. The van der Waals surface area contributed by atoms with E-state index in [2.05, 4.69) is 17.1 Å². The average molecular weight is 224 g/mol. The Morgan fingerprint density at radius 1 is 1.44 bits per heavy atom. The van der Waals surface area contributed by atoms with E-state index in [0.29, 0.717) is 6.04 Å². The van der Waals surface area contributed by atoms with Crippen molar-refractivity contribution in [1.82, 2.24) is 10.2 Å². The highest BCUT2D eigenvalue weighted by molar-refractivity contribution is 5.87. The summed E-state index contributed by atoms with van der Waals surface area (Å²) in [5.41, 5.74) is 1.05.